The molecule has 0 aliphatic rings. The lowest BCUT2D eigenvalue weighted by Gasteiger charge is -2.04. The molecule has 6 heteroatoms. The van der Waals surface area contributed by atoms with E-state index in [1.165, 1.54) is 0 Å². The highest BCUT2D eigenvalue weighted by molar-refractivity contribution is 5.84. The first-order valence-corrected chi connectivity index (χ1v) is 6.66. The molecule has 108 valence electrons. The average Bonchev–Trinajstić information content (AvgIpc) is 3.17. The lowest BCUT2D eigenvalue weighted by Crippen LogP contribution is -1.88. The SMILES string of the molecule is Fc1cc2nc(-c3ccccc3-c3ncc[nH]3)[nH]c2cc1F. The zero-order chi connectivity index (χ0) is 15.1. The fourth-order valence-electron chi connectivity index (χ4n) is 2.44. The second-order valence-electron chi connectivity index (χ2n) is 4.85. The second-order valence-corrected chi connectivity index (χ2v) is 4.85. The number of hydrogen-bond donors (Lipinski definition) is 2. The van der Waals surface area contributed by atoms with Gasteiger partial charge in [0.2, 0.25) is 0 Å². The molecule has 2 aromatic heterocycles. The molecule has 4 nitrogen and oxygen atoms in total. The van der Waals surface area contributed by atoms with Crippen LogP contribution in [-0.4, -0.2) is 19.9 Å². The summed E-state index contributed by atoms with van der Waals surface area (Å²) in [5.41, 5.74) is 2.48. The molecule has 22 heavy (non-hydrogen) atoms. The Hall–Kier alpha value is -3.02. The molecule has 0 amide bonds. The topological polar surface area (TPSA) is 57.4 Å². The minimum Gasteiger partial charge on any atom is -0.345 e. The van der Waals surface area contributed by atoms with Crippen LogP contribution >= 0.6 is 0 Å². The fourth-order valence-corrected chi connectivity index (χ4v) is 2.44. The van der Waals surface area contributed by atoms with E-state index in [2.05, 4.69) is 19.9 Å². The summed E-state index contributed by atoms with van der Waals surface area (Å²) in [4.78, 5) is 14.7. The van der Waals surface area contributed by atoms with Gasteiger partial charge in [-0.05, 0) is 0 Å². The van der Waals surface area contributed by atoms with Gasteiger partial charge in [0, 0.05) is 35.7 Å². The summed E-state index contributed by atoms with van der Waals surface area (Å²) in [6.45, 7) is 0. The van der Waals surface area contributed by atoms with Gasteiger partial charge in [-0.25, -0.2) is 18.7 Å². The maximum atomic E-state index is 13.3. The molecule has 2 aromatic carbocycles. The van der Waals surface area contributed by atoms with E-state index < -0.39 is 11.6 Å². The van der Waals surface area contributed by atoms with Crippen molar-refractivity contribution in [3.05, 3.63) is 60.4 Å². The Balaban J connectivity index is 1.93. The molecule has 0 bridgehead atoms. The van der Waals surface area contributed by atoms with E-state index in [0.29, 0.717) is 22.7 Å². The normalized spacial score (nSPS) is 11.2. The van der Waals surface area contributed by atoms with Crippen molar-refractivity contribution < 1.29 is 8.78 Å². The molecule has 0 radical (unpaired) electrons. The van der Waals surface area contributed by atoms with Crippen molar-refractivity contribution in [2.75, 3.05) is 0 Å². The number of rotatable bonds is 2. The van der Waals surface area contributed by atoms with Crippen molar-refractivity contribution in [3.8, 4) is 22.8 Å². The van der Waals surface area contributed by atoms with Gasteiger partial charge in [0.1, 0.15) is 11.6 Å². The Morgan fingerprint density at radius 3 is 2.36 bits per heavy atom. The molecular formula is C16H10F2N4. The minimum atomic E-state index is -0.912. The van der Waals surface area contributed by atoms with Crippen LogP contribution in [0.5, 0.6) is 0 Å². The van der Waals surface area contributed by atoms with Crippen molar-refractivity contribution in [1.82, 2.24) is 19.9 Å². The molecule has 0 aliphatic carbocycles. The molecule has 0 atom stereocenters. The minimum absolute atomic E-state index is 0.378. The van der Waals surface area contributed by atoms with Crippen LogP contribution in [0.15, 0.2) is 48.8 Å². The summed E-state index contributed by atoms with van der Waals surface area (Å²) in [6, 6.07) is 9.74. The number of aromatic amines is 2. The van der Waals surface area contributed by atoms with Gasteiger partial charge in [-0.15, -0.1) is 0 Å². The molecule has 2 N–H and O–H groups in total. The van der Waals surface area contributed by atoms with Crippen LogP contribution in [-0.2, 0) is 0 Å². The van der Waals surface area contributed by atoms with Crippen LogP contribution in [0.3, 0.4) is 0 Å². The predicted molar refractivity (Wildman–Crippen MR) is 79.0 cm³/mol. The number of fused-ring (bicyclic) bond motifs is 1. The Morgan fingerprint density at radius 1 is 0.909 bits per heavy atom. The monoisotopic (exact) mass is 296 g/mol. The third-order valence-electron chi connectivity index (χ3n) is 3.46. The molecular weight excluding hydrogens is 286 g/mol. The lowest BCUT2D eigenvalue weighted by atomic mass is 10.1. The zero-order valence-corrected chi connectivity index (χ0v) is 11.3. The zero-order valence-electron chi connectivity index (χ0n) is 11.3. The summed E-state index contributed by atoms with van der Waals surface area (Å²) in [5, 5.41) is 0. The van der Waals surface area contributed by atoms with Crippen LogP contribution in [0.1, 0.15) is 0 Å². The van der Waals surface area contributed by atoms with Gasteiger partial charge in [-0.1, -0.05) is 24.3 Å². The number of aromatic nitrogens is 4. The number of benzene rings is 2. The van der Waals surface area contributed by atoms with E-state index in [1.807, 2.05) is 24.3 Å². The Morgan fingerprint density at radius 2 is 1.64 bits per heavy atom. The number of imidazole rings is 2. The Bertz CT molecular complexity index is 919. The molecule has 0 spiro atoms. The van der Waals surface area contributed by atoms with Crippen LogP contribution in [0, 0.1) is 11.6 Å². The highest BCUT2D eigenvalue weighted by Crippen LogP contribution is 2.30. The average molecular weight is 296 g/mol. The predicted octanol–water partition coefficient (Wildman–Crippen LogP) is 3.90. The van der Waals surface area contributed by atoms with E-state index in [4.69, 9.17) is 0 Å². The summed E-state index contributed by atoms with van der Waals surface area (Å²) in [5.74, 6) is -0.577. The lowest BCUT2D eigenvalue weighted by molar-refractivity contribution is 0.510. The molecule has 4 aromatic rings. The standard InChI is InChI=1S/C16H10F2N4/c17-11-7-13-14(8-12(11)18)22-16(21-13)10-4-2-1-3-9(10)15-19-5-6-20-15/h1-8H,(H,19,20)(H,21,22). The van der Waals surface area contributed by atoms with Crippen molar-refractivity contribution >= 4 is 11.0 Å². The van der Waals surface area contributed by atoms with Crippen molar-refractivity contribution in [1.29, 1.82) is 0 Å². The third-order valence-corrected chi connectivity index (χ3v) is 3.46. The number of H-pyrrole nitrogens is 2. The number of nitrogens with zero attached hydrogens (tertiary/aromatic N) is 2. The van der Waals surface area contributed by atoms with Gasteiger partial charge in [0.25, 0.3) is 0 Å². The summed E-state index contributed by atoms with van der Waals surface area (Å²) < 4.78 is 26.6. The fraction of sp³-hybridized carbons (Fsp3) is 0. The molecule has 0 saturated heterocycles. The van der Waals surface area contributed by atoms with Gasteiger partial charge < -0.3 is 9.97 Å². The van der Waals surface area contributed by atoms with Gasteiger partial charge in [0.15, 0.2) is 11.6 Å². The first-order valence-electron chi connectivity index (χ1n) is 6.66. The summed E-state index contributed by atoms with van der Waals surface area (Å²) in [7, 11) is 0. The van der Waals surface area contributed by atoms with E-state index in [0.717, 1.165) is 23.3 Å². The van der Waals surface area contributed by atoms with Gasteiger partial charge in [-0.3, -0.25) is 0 Å². The van der Waals surface area contributed by atoms with Crippen molar-refractivity contribution in [3.63, 3.8) is 0 Å². The molecule has 0 saturated carbocycles. The number of halogens is 2. The quantitative estimate of drug-likeness (QED) is 0.589. The van der Waals surface area contributed by atoms with Crippen molar-refractivity contribution in [2.45, 2.75) is 0 Å². The molecule has 2 heterocycles. The third kappa shape index (κ3) is 1.96. The first-order chi connectivity index (χ1) is 10.7. The van der Waals surface area contributed by atoms with E-state index in [-0.39, 0.29) is 0 Å². The van der Waals surface area contributed by atoms with Crippen LogP contribution < -0.4 is 0 Å². The largest absolute Gasteiger partial charge is 0.345 e. The van der Waals surface area contributed by atoms with Crippen LogP contribution in [0.25, 0.3) is 33.8 Å². The van der Waals surface area contributed by atoms with Gasteiger partial charge in [-0.2, -0.15) is 0 Å². The van der Waals surface area contributed by atoms with Gasteiger partial charge >= 0.3 is 0 Å². The van der Waals surface area contributed by atoms with Crippen LogP contribution in [0.2, 0.25) is 0 Å². The summed E-state index contributed by atoms with van der Waals surface area (Å²) in [6.07, 6.45) is 3.39. The van der Waals surface area contributed by atoms with E-state index >= 15 is 0 Å². The van der Waals surface area contributed by atoms with Gasteiger partial charge in [0.05, 0.1) is 11.0 Å². The molecule has 0 fully saturated rings. The second kappa shape index (κ2) is 4.77. The summed E-state index contributed by atoms with van der Waals surface area (Å²) >= 11 is 0. The maximum absolute atomic E-state index is 13.3. The van der Waals surface area contributed by atoms with E-state index in [9.17, 15) is 8.78 Å². The number of nitrogens with one attached hydrogen (secondary N) is 2. The van der Waals surface area contributed by atoms with E-state index in [1.54, 1.807) is 12.4 Å². The molecule has 0 aliphatic heterocycles. The molecule has 0 unspecified atom stereocenters. The maximum Gasteiger partial charge on any atom is 0.161 e. The van der Waals surface area contributed by atoms with Crippen molar-refractivity contribution in [2.24, 2.45) is 0 Å². The number of hydrogen-bond acceptors (Lipinski definition) is 2. The first kappa shape index (κ1) is 12.7. The smallest absolute Gasteiger partial charge is 0.161 e. The van der Waals surface area contributed by atoms with Crippen LogP contribution in [0.4, 0.5) is 8.78 Å². The highest BCUT2D eigenvalue weighted by Gasteiger charge is 2.14. The molecule has 4 rings (SSSR count). The highest BCUT2D eigenvalue weighted by atomic mass is 19.2. The Labute approximate surface area is 123 Å². The Kier molecular flexibility index (Phi) is 2.75.